The minimum absolute atomic E-state index is 0.0108. The molecular weight excluding hydrogens is 350 g/mol. The number of benzene rings is 1. The molecule has 0 saturated heterocycles. The molecule has 1 aromatic heterocycles. The summed E-state index contributed by atoms with van der Waals surface area (Å²) in [6, 6.07) is 3.45. The lowest BCUT2D eigenvalue weighted by molar-refractivity contribution is -0.384. The summed E-state index contributed by atoms with van der Waals surface area (Å²) < 4.78 is 0. The number of carbonyl (C=O) groups is 2. The molecule has 25 heavy (non-hydrogen) atoms. The van der Waals surface area contributed by atoms with Crippen molar-refractivity contribution in [2.45, 2.75) is 25.7 Å². The summed E-state index contributed by atoms with van der Waals surface area (Å²) in [5, 5.41) is 17.4. The first-order valence-electron chi connectivity index (χ1n) is 7.58. The van der Waals surface area contributed by atoms with Gasteiger partial charge in [-0.15, -0.1) is 0 Å². The van der Waals surface area contributed by atoms with E-state index >= 15 is 0 Å². The van der Waals surface area contributed by atoms with Crippen molar-refractivity contribution in [3.63, 3.8) is 0 Å². The number of hydrogen-bond donors (Lipinski definition) is 3. The molecule has 9 nitrogen and oxygen atoms in total. The number of non-ortho nitro benzene ring substituents is 1. The molecule has 0 aliphatic heterocycles. The van der Waals surface area contributed by atoms with Crippen LogP contribution in [0.15, 0.2) is 18.2 Å². The number of carbonyl (C=O) groups excluding carboxylic acids is 2. The van der Waals surface area contributed by atoms with E-state index in [1.165, 1.54) is 6.07 Å². The molecule has 1 aromatic carbocycles. The Hall–Kier alpha value is -2.94. The molecule has 1 aliphatic carbocycles. The molecule has 0 radical (unpaired) electrons. The van der Waals surface area contributed by atoms with Gasteiger partial charge in [0.05, 0.1) is 15.5 Å². The van der Waals surface area contributed by atoms with Gasteiger partial charge in [-0.05, 0) is 31.7 Å². The van der Waals surface area contributed by atoms with Gasteiger partial charge in [0, 0.05) is 23.4 Å². The van der Waals surface area contributed by atoms with E-state index in [9.17, 15) is 19.7 Å². The van der Waals surface area contributed by atoms with Gasteiger partial charge in [-0.2, -0.15) is 5.10 Å². The van der Waals surface area contributed by atoms with Crippen molar-refractivity contribution in [3.8, 4) is 0 Å². The second-order valence-corrected chi connectivity index (χ2v) is 5.97. The van der Waals surface area contributed by atoms with Gasteiger partial charge < -0.3 is 0 Å². The van der Waals surface area contributed by atoms with Crippen molar-refractivity contribution in [2.24, 2.45) is 0 Å². The number of hydrazine groups is 1. The monoisotopic (exact) mass is 363 g/mol. The maximum absolute atomic E-state index is 12.2. The Balaban J connectivity index is 1.67. The van der Waals surface area contributed by atoms with Crippen molar-refractivity contribution in [1.82, 2.24) is 21.0 Å². The van der Waals surface area contributed by atoms with E-state index < -0.39 is 16.7 Å². The first kappa shape index (κ1) is 16.9. The SMILES string of the molecule is O=C(NNC(=O)c1n[nH]c2c1CCCC2)c1ccc([N+](=O)[O-])cc1Cl. The number of H-pyrrole nitrogens is 1. The van der Waals surface area contributed by atoms with E-state index in [1.54, 1.807) is 0 Å². The summed E-state index contributed by atoms with van der Waals surface area (Å²) in [4.78, 5) is 34.4. The Morgan fingerprint density at radius 2 is 1.92 bits per heavy atom. The Morgan fingerprint density at radius 3 is 2.64 bits per heavy atom. The van der Waals surface area contributed by atoms with Gasteiger partial charge in [-0.1, -0.05) is 11.6 Å². The number of fused-ring (bicyclic) bond motifs is 1. The number of amides is 2. The van der Waals surface area contributed by atoms with Crippen LogP contribution in [-0.4, -0.2) is 26.9 Å². The Kier molecular flexibility index (Phi) is 4.66. The number of hydrogen-bond acceptors (Lipinski definition) is 5. The number of nitro groups is 1. The topological polar surface area (TPSA) is 130 Å². The van der Waals surface area contributed by atoms with Crippen molar-refractivity contribution >= 4 is 29.1 Å². The average molecular weight is 364 g/mol. The smallest absolute Gasteiger partial charge is 0.281 e. The van der Waals surface area contributed by atoms with E-state index in [0.717, 1.165) is 49.1 Å². The zero-order chi connectivity index (χ0) is 18.0. The van der Waals surface area contributed by atoms with Gasteiger partial charge in [-0.25, -0.2) is 0 Å². The second kappa shape index (κ2) is 6.89. The minimum atomic E-state index is -0.683. The molecule has 0 bridgehead atoms. The van der Waals surface area contributed by atoms with Gasteiger partial charge in [0.1, 0.15) is 0 Å². The first-order chi connectivity index (χ1) is 12.0. The number of rotatable bonds is 3. The zero-order valence-corrected chi connectivity index (χ0v) is 13.7. The highest BCUT2D eigenvalue weighted by atomic mass is 35.5. The molecule has 130 valence electrons. The number of aryl methyl sites for hydroxylation is 1. The first-order valence-corrected chi connectivity index (χ1v) is 7.96. The lowest BCUT2D eigenvalue weighted by atomic mass is 9.96. The van der Waals surface area contributed by atoms with E-state index in [-0.39, 0.29) is 22.0 Å². The van der Waals surface area contributed by atoms with Crippen LogP contribution in [0.4, 0.5) is 5.69 Å². The maximum atomic E-state index is 12.2. The molecule has 0 atom stereocenters. The van der Waals surface area contributed by atoms with Crippen molar-refractivity contribution in [3.05, 3.63) is 55.9 Å². The van der Waals surface area contributed by atoms with Crippen LogP contribution in [0.3, 0.4) is 0 Å². The fraction of sp³-hybridized carbons (Fsp3) is 0.267. The molecule has 2 aromatic rings. The zero-order valence-electron chi connectivity index (χ0n) is 13.0. The highest BCUT2D eigenvalue weighted by molar-refractivity contribution is 6.34. The van der Waals surface area contributed by atoms with E-state index in [4.69, 9.17) is 11.6 Å². The van der Waals surface area contributed by atoms with Gasteiger partial charge in [0.25, 0.3) is 17.5 Å². The number of nitrogens with one attached hydrogen (secondary N) is 3. The summed E-state index contributed by atoms with van der Waals surface area (Å²) in [5.41, 5.74) is 6.37. The molecule has 2 amide bonds. The third-order valence-corrected chi connectivity index (χ3v) is 4.28. The number of aromatic nitrogens is 2. The normalized spacial score (nSPS) is 13.0. The number of nitrogens with zero attached hydrogens (tertiary/aromatic N) is 2. The quantitative estimate of drug-likeness (QED) is 0.566. The summed E-state index contributed by atoms with van der Waals surface area (Å²) in [6.07, 6.45) is 3.64. The van der Waals surface area contributed by atoms with Crippen LogP contribution < -0.4 is 10.9 Å². The van der Waals surface area contributed by atoms with Crippen LogP contribution in [0, 0.1) is 10.1 Å². The van der Waals surface area contributed by atoms with Gasteiger partial charge in [-0.3, -0.25) is 35.7 Å². The van der Waals surface area contributed by atoms with Crippen molar-refractivity contribution < 1.29 is 14.5 Å². The van der Waals surface area contributed by atoms with Crippen LogP contribution in [0.2, 0.25) is 5.02 Å². The predicted molar refractivity (Wildman–Crippen MR) is 88.3 cm³/mol. The molecule has 0 unspecified atom stereocenters. The van der Waals surface area contributed by atoms with Crippen molar-refractivity contribution in [2.75, 3.05) is 0 Å². The average Bonchev–Trinajstić information content (AvgIpc) is 3.03. The molecule has 3 rings (SSSR count). The molecule has 3 N–H and O–H groups in total. The highest BCUT2D eigenvalue weighted by Crippen LogP contribution is 2.23. The molecule has 1 aliphatic rings. The summed E-state index contributed by atoms with van der Waals surface area (Å²) in [6.45, 7) is 0. The molecule has 0 saturated carbocycles. The van der Waals surface area contributed by atoms with E-state index in [0.29, 0.717) is 0 Å². The van der Waals surface area contributed by atoms with Crippen molar-refractivity contribution in [1.29, 1.82) is 0 Å². The molecule has 0 spiro atoms. The Morgan fingerprint density at radius 1 is 1.20 bits per heavy atom. The van der Waals surface area contributed by atoms with E-state index in [2.05, 4.69) is 21.0 Å². The van der Waals surface area contributed by atoms with Crippen LogP contribution in [-0.2, 0) is 12.8 Å². The minimum Gasteiger partial charge on any atom is -0.281 e. The highest BCUT2D eigenvalue weighted by Gasteiger charge is 2.22. The largest absolute Gasteiger partial charge is 0.290 e. The molecule has 1 heterocycles. The molecule has 10 heteroatoms. The molecule has 0 fully saturated rings. The third-order valence-electron chi connectivity index (χ3n) is 3.97. The summed E-state index contributed by atoms with van der Waals surface area (Å²) in [5.74, 6) is -1.22. The van der Waals surface area contributed by atoms with Crippen LogP contribution in [0.1, 0.15) is 44.9 Å². The fourth-order valence-electron chi connectivity index (χ4n) is 2.71. The van der Waals surface area contributed by atoms with E-state index in [1.807, 2.05) is 0 Å². The second-order valence-electron chi connectivity index (χ2n) is 5.57. The van der Waals surface area contributed by atoms with Crippen LogP contribution >= 0.6 is 11.6 Å². The standard InChI is InChI=1S/C15H14ClN5O4/c16-11-7-8(21(24)25)5-6-9(11)14(22)19-20-15(23)13-10-3-1-2-4-12(10)17-18-13/h5-7H,1-4H2,(H,17,18)(H,19,22)(H,20,23). The number of aromatic amines is 1. The number of halogens is 1. The van der Waals surface area contributed by atoms with Gasteiger partial charge in [0.15, 0.2) is 5.69 Å². The van der Waals surface area contributed by atoms with Crippen LogP contribution in [0.25, 0.3) is 0 Å². The predicted octanol–water partition coefficient (Wildman–Crippen LogP) is 1.92. The summed E-state index contributed by atoms with van der Waals surface area (Å²) in [7, 11) is 0. The Bertz CT molecular complexity index is 864. The lowest BCUT2D eigenvalue weighted by Crippen LogP contribution is -2.42. The molecular formula is C15H14ClN5O4. The Labute approximate surface area is 146 Å². The lowest BCUT2D eigenvalue weighted by Gasteiger charge is -2.11. The fourth-order valence-corrected chi connectivity index (χ4v) is 2.97. The van der Waals surface area contributed by atoms with Gasteiger partial charge in [0.2, 0.25) is 0 Å². The number of nitro benzene ring substituents is 1. The third kappa shape index (κ3) is 3.45. The summed E-state index contributed by atoms with van der Waals surface area (Å²) >= 11 is 5.88. The van der Waals surface area contributed by atoms with Gasteiger partial charge >= 0.3 is 0 Å². The maximum Gasteiger partial charge on any atom is 0.290 e. The van der Waals surface area contributed by atoms with Crippen LogP contribution in [0.5, 0.6) is 0 Å².